The van der Waals surface area contributed by atoms with Gasteiger partial charge in [-0.15, -0.1) is 0 Å². The Morgan fingerprint density at radius 3 is 2.35 bits per heavy atom. The molecule has 0 saturated heterocycles. The fraction of sp³-hybridized carbons (Fsp3) is 0.333. The number of nitrogens with one attached hydrogen (secondary N) is 2. The van der Waals surface area contributed by atoms with Gasteiger partial charge in [-0.3, -0.25) is 4.79 Å². The molecule has 3 aliphatic carbocycles. The summed E-state index contributed by atoms with van der Waals surface area (Å²) in [4.78, 5) is 26.5. The molecule has 2 aromatic rings. The fourth-order valence-corrected chi connectivity index (χ4v) is 5.96. The molecule has 0 aliphatic heterocycles. The van der Waals surface area contributed by atoms with E-state index in [1.54, 1.807) is 0 Å². The van der Waals surface area contributed by atoms with Crippen molar-refractivity contribution in [3.05, 3.63) is 120 Å². The summed E-state index contributed by atoms with van der Waals surface area (Å²) in [6.07, 6.45) is 15.2. The standard InChI is InChI=1S/C33H36N2O5/c36-31(34-30(32(37)38)20-23-13-5-2-6-14-23)29(19-22-11-3-1-4-12-22)35-33(39)40-21-28-26-17-9-7-15-24(26)25-16-8-10-18-27(25)28/h1-13,15-18,23-24,26,28-30,32,37-38H,14,19-21H2,(H,34,36)(H,35,39)/t23?,24?,26?,28?,29-,30-/m0/s1. The number of hydrogen-bond donors (Lipinski definition) is 4. The Kier molecular flexibility index (Phi) is 8.94. The van der Waals surface area contributed by atoms with Gasteiger partial charge in [0.05, 0.1) is 6.04 Å². The van der Waals surface area contributed by atoms with Crippen molar-refractivity contribution in [1.82, 2.24) is 10.6 Å². The number of carbonyl (C=O) groups is 2. The van der Waals surface area contributed by atoms with E-state index in [2.05, 4.69) is 41.0 Å². The molecule has 5 rings (SSSR count). The molecule has 208 valence electrons. The van der Waals surface area contributed by atoms with E-state index in [9.17, 15) is 19.8 Å². The van der Waals surface area contributed by atoms with Crippen molar-refractivity contribution in [2.24, 2.45) is 11.8 Å². The first-order valence-corrected chi connectivity index (χ1v) is 13.9. The van der Waals surface area contributed by atoms with Crippen molar-refractivity contribution >= 4 is 12.0 Å². The summed E-state index contributed by atoms with van der Waals surface area (Å²) in [6.45, 7) is 0.182. The molecule has 0 saturated carbocycles. The molecule has 0 aromatic heterocycles. The Morgan fingerprint density at radius 2 is 1.60 bits per heavy atom. The van der Waals surface area contributed by atoms with Gasteiger partial charge in [0, 0.05) is 18.3 Å². The highest BCUT2D eigenvalue weighted by atomic mass is 16.5. The van der Waals surface area contributed by atoms with Crippen LogP contribution in [0.2, 0.25) is 0 Å². The van der Waals surface area contributed by atoms with Gasteiger partial charge >= 0.3 is 6.09 Å². The van der Waals surface area contributed by atoms with Gasteiger partial charge in [-0.2, -0.15) is 0 Å². The number of amides is 2. The molecular weight excluding hydrogens is 504 g/mol. The van der Waals surface area contributed by atoms with Gasteiger partial charge in [-0.05, 0) is 41.4 Å². The van der Waals surface area contributed by atoms with Crippen LogP contribution < -0.4 is 10.6 Å². The summed E-state index contributed by atoms with van der Waals surface area (Å²) in [6, 6.07) is 15.8. The Bertz CT molecular complexity index is 1300. The second kappa shape index (κ2) is 12.9. The minimum absolute atomic E-state index is 0.0149. The smallest absolute Gasteiger partial charge is 0.407 e. The van der Waals surface area contributed by atoms with Crippen LogP contribution in [0.3, 0.4) is 0 Å². The molecule has 0 heterocycles. The molecule has 0 fully saturated rings. The predicted octanol–water partition coefficient (Wildman–Crippen LogP) is 4.27. The fourth-order valence-electron chi connectivity index (χ4n) is 5.96. The van der Waals surface area contributed by atoms with Crippen molar-refractivity contribution in [2.45, 2.75) is 49.5 Å². The van der Waals surface area contributed by atoms with Gasteiger partial charge in [0.1, 0.15) is 12.6 Å². The maximum Gasteiger partial charge on any atom is 0.407 e. The Morgan fingerprint density at radius 1 is 0.875 bits per heavy atom. The lowest BCUT2D eigenvalue weighted by Crippen LogP contribution is -2.53. The van der Waals surface area contributed by atoms with Crippen LogP contribution >= 0.6 is 0 Å². The van der Waals surface area contributed by atoms with E-state index in [0.29, 0.717) is 6.42 Å². The Balaban J connectivity index is 1.25. The second-order valence-corrected chi connectivity index (χ2v) is 10.7. The molecule has 6 atom stereocenters. The first-order chi connectivity index (χ1) is 19.5. The molecule has 4 unspecified atom stereocenters. The van der Waals surface area contributed by atoms with Crippen molar-refractivity contribution < 1.29 is 24.5 Å². The van der Waals surface area contributed by atoms with E-state index in [1.165, 1.54) is 11.1 Å². The largest absolute Gasteiger partial charge is 0.449 e. The molecule has 7 nitrogen and oxygen atoms in total. The van der Waals surface area contributed by atoms with Crippen LogP contribution in [0.1, 0.15) is 41.4 Å². The number of benzene rings is 2. The summed E-state index contributed by atoms with van der Waals surface area (Å²) in [5.41, 5.74) is 3.28. The van der Waals surface area contributed by atoms with E-state index >= 15 is 0 Å². The summed E-state index contributed by atoms with van der Waals surface area (Å²) in [5, 5.41) is 25.5. The molecule has 0 bridgehead atoms. The molecule has 40 heavy (non-hydrogen) atoms. The number of allylic oxidation sites excluding steroid dienone is 8. The Labute approximate surface area is 235 Å². The number of aliphatic hydroxyl groups excluding tert-OH is 1. The average molecular weight is 541 g/mol. The van der Waals surface area contributed by atoms with E-state index in [1.807, 2.05) is 72.8 Å². The number of aliphatic hydroxyl groups is 2. The number of ether oxygens (including phenoxy) is 1. The van der Waals surface area contributed by atoms with Crippen LogP contribution in [0.25, 0.3) is 0 Å². The van der Waals surface area contributed by atoms with Crippen molar-refractivity contribution in [3.63, 3.8) is 0 Å². The lowest BCUT2D eigenvalue weighted by atomic mass is 9.84. The zero-order valence-electron chi connectivity index (χ0n) is 22.3. The summed E-state index contributed by atoms with van der Waals surface area (Å²) in [5.74, 6) is 0.0474. The number of hydrogen-bond acceptors (Lipinski definition) is 5. The van der Waals surface area contributed by atoms with Crippen LogP contribution in [0, 0.1) is 11.8 Å². The molecule has 2 aromatic carbocycles. The van der Waals surface area contributed by atoms with Crippen molar-refractivity contribution in [1.29, 1.82) is 0 Å². The van der Waals surface area contributed by atoms with E-state index in [4.69, 9.17) is 4.74 Å². The first-order valence-electron chi connectivity index (χ1n) is 13.9. The number of fused-ring (bicyclic) bond motifs is 3. The molecule has 2 amide bonds. The summed E-state index contributed by atoms with van der Waals surface area (Å²) >= 11 is 0. The number of alkyl carbamates (subject to hydrolysis) is 1. The lowest BCUT2D eigenvalue weighted by molar-refractivity contribution is -0.129. The lowest BCUT2D eigenvalue weighted by Gasteiger charge is -2.27. The molecule has 4 N–H and O–H groups in total. The van der Waals surface area contributed by atoms with E-state index in [-0.39, 0.29) is 36.7 Å². The third-order valence-corrected chi connectivity index (χ3v) is 8.00. The maximum atomic E-state index is 13.4. The van der Waals surface area contributed by atoms with E-state index < -0.39 is 30.4 Å². The highest BCUT2D eigenvalue weighted by Gasteiger charge is 2.39. The third kappa shape index (κ3) is 6.61. The zero-order chi connectivity index (χ0) is 27.9. The van der Waals surface area contributed by atoms with Gasteiger partial charge in [0.2, 0.25) is 5.91 Å². The number of rotatable bonds is 10. The van der Waals surface area contributed by atoms with E-state index in [0.717, 1.165) is 12.0 Å². The monoisotopic (exact) mass is 540 g/mol. The van der Waals surface area contributed by atoms with Crippen LogP contribution in [0.4, 0.5) is 4.79 Å². The quantitative estimate of drug-likeness (QED) is 0.337. The summed E-state index contributed by atoms with van der Waals surface area (Å²) < 4.78 is 5.72. The highest BCUT2D eigenvalue weighted by Crippen LogP contribution is 2.49. The van der Waals surface area contributed by atoms with Gasteiger partial charge in [0.25, 0.3) is 0 Å². The normalized spacial score (nSPS) is 23.8. The van der Waals surface area contributed by atoms with Gasteiger partial charge in [-0.25, -0.2) is 4.79 Å². The Hall–Kier alpha value is -3.94. The topological polar surface area (TPSA) is 108 Å². The zero-order valence-corrected chi connectivity index (χ0v) is 22.3. The van der Waals surface area contributed by atoms with Crippen LogP contribution in [0.5, 0.6) is 0 Å². The van der Waals surface area contributed by atoms with Gasteiger partial charge < -0.3 is 25.6 Å². The second-order valence-electron chi connectivity index (χ2n) is 10.7. The molecule has 7 heteroatoms. The van der Waals surface area contributed by atoms with Crippen molar-refractivity contribution in [2.75, 3.05) is 6.61 Å². The SMILES string of the molecule is O=C(N[C@@H](Cc1ccccc1)C(=O)N[C@@H](CC1C=CC=CC1)C(O)O)OCC1c2ccccc2C2C=CC=CC21. The third-order valence-electron chi connectivity index (χ3n) is 8.00. The first kappa shape index (κ1) is 27.6. The number of carbonyl (C=O) groups excluding carboxylic acids is 2. The van der Waals surface area contributed by atoms with Gasteiger partial charge in [0.15, 0.2) is 6.29 Å². The summed E-state index contributed by atoms with van der Waals surface area (Å²) in [7, 11) is 0. The van der Waals surface area contributed by atoms with Crippen LogP contribution in [0.15, 0.2) is 103 Å². The predicted molar refractivity (Wildman–Crippen MR) is 153 cm³/mol. The van der Waals surface area contributed by atoms with Crippen LogP contribution in [-0.2, 0) is 16.0 Å². The molecular formula is C33H36N2O5. The minimum atomic E-state index is -1.74. The maximum absolute atomic E-state index is 13.4. The van der Waals surface area contributed by atoms with Crippen LogP contribution in [-0.4, -0.2) is 47.2 Å². The average Bonchev–Trinajstić information content (AvgIpc) is 3.30. The van der Waals surface area contributed by atoms with Crippen molar-refractivity contribution in [3.8, 4) is 0 Å². The molecule has 0 radical (unpaired) electrons. The highest BCUT2D eigenvalue weighted by molar-refractivity contribution is 5.86. The molecule has 3 aliphatic rings. The molecule has 0 spiro atoms. The van der Waals surface area contributed by atoms with Gasteiger partial charge in [-0.1, -0.05) is 103 Å². The minimum Gasteiger partial charge on any atom is -0.449 e.